The summed E-state index contributed by atoms with van der Waals surface area (Å²) in [5.41, 5.74) is 2.07. The van der Waals surface area contributed by atoms with Gasteiger partial charge in [-0.2, -0.15) is 0 Å². The summed E-state index contributed by atoms with van der Waals surface area (Å²) < 4.78 is 22.7. The summed E-state index contributed by atoms with van der Waals surface area (Å²) in [5, 5.41) is 0. The first kappa shape index (κ1) is 15.5. The lowest BCUT2D eigenvalue weighted by atomic mass is 10.1. The van der Waals surface area contributed by atoms with Crippen LogP contribution >= 0.6 is 10.7 Å². The van der Waals surface area contributed by atoms with Gasteiger partial charge in [-0.05, 0) is 36.3 Å². The van der Waals surface area contributed by atoms with Gasteiger partial charge in [-0.1, -0.05) is 42.5 Å². The van der Waals surface area contributed by atoms with Crippen LogP contribution in [0.1, 0.15) is 21.5 Å². The number of hydrogen-bond acceptors (Lipinski definition) is 3. The number of carbonyl (C=O) groups is 1. The largest absolute Gasteiger partial charge is 0.289 e. The van der Waals surface area contributed by atoms with E-state index >= 15 is 0 Å². The summed E-state index contributed by atoms with van der Waals surface area (Å²) >= 11 is 0. The average Bonchev–Trinajstić information content (AvgIpc) is 2.45. The van der Waals surface area contributed by atoms with Gasteiger partial charge in [0.05, 0.1) is 4.90 Å². The van der Waals surface area contributed by atoms with Gasteiger partial charge < -0.3 is 0 Å². The second-order valence-corrected chi connectivity index (χ2v) is 7.09. The van der Waals surface area contributed by atoms with Crippen LogP contribution in [0.3, 0.4) is 0 Å². The first-order valence-corrected chi connectivity index (χ1v) is 8.51. The molecule has 0 spiro atoms. The molecule has 21 heavy (non-hydrogen) atoms. The number of aryl methyl sites for hydroxylation is 1. The molecule has 0 amide bonds. The minimum atomic E-state index is -3.78. The molecule has 2 aromatic carbocycles. The van der Waals surface area contributed by atoms with Crippen molar-refractivity contribution in [1.29, 1.82) is 0 Å². The zero-order valence-corrected chi connectivity index (χ0v) is 12.9. The second-order valence-electron chi connectivity index (χ2n) is 4.52. The summed E-state index contributed by atoms with van der Waals surface area (Å²) in [6, 6.07) is 13.4. The lowest BCUT2D eigenvalue weighted by molar-refractivity contribution is 0.104. The van der Waals surface area contributed by atoms with E-state index in [0.29, 0.717) is 11.1 Å². The molecule has 0 radical (unpaired) electrons. The summed E-state index contributed by atoms with van der Waals surface area (Å²) in [4.78, 5) is 12.0. The van der Waals surface area contributed by atoms with Gasteiger partial charge >= 0.3 is 0 Å². The lowest BCUT2D eigenvalue weighted by Gasteiger charge is -2.03. The van der Waals surface area contributed by atoms with E-state index < -0.39 is 9.05 Å². The molecular formula is C16H13ClO3S. The summed E-state index contributed by atoms with van der Waals surface area (Å²) in [6.45, 7) is 1.83. The molecular weight excluding hydrogens is 308 g/mol. The van der Waals surface area contributed by atoms with Crippen LogP contribution in [0.5, 0.6) is 0 Å². The lowest BCUT2D eigenvalue weighted by Crippen LogP contribution is -1.95. The Morgan fingerprint density at radius 3 is 2.38 bits per heavy atom. The Labute approximate surface area is 128 Å². The molecule has 3 nitrogen and oxygen atoms in total. The van der Waals surface area contributed by atoms with Crippen LogP contribution in [0, 0.1) is 6.92 Å². The third-order valence-electron chi connectivity index (χ3n) is 3.00. The van der Waals surface area contributed by atoms with Crippen LogP contribution in [-0.2, 0) is 9.05 Å². The van der Waals surface area contributed by atoms with E-state index in [9.17, 15) is 13.2 Å². The summed E-state index contributed by atoms with van der Waals surface area (Å²) in [6.07, 6.45) is 3.01. The predicted octanol–water partition coefficient (Wildman–Crippen LogP) is 3.82. The minimum absolute atomic E-state index is 0.0153. The van der Waals surface area contributed by atoms with E-state index in [1.54, 1.807) is 36.4 Å². The van der Waals surface area contributed by atoms with Gasteiger partial charge in [0, 0.05) is 16.2 Å². The zero-order valence-electron chi connectivity index (χ0n) is 11.3. The van der Waals surface area contributed by atoms with Gasteiger partial charge in [0.15, 0.2) is 5.78 Å². The predicted molar refractivity (Wildman–Crippen MR) is 84.0 cm³/mol. The van der Waals surface area contributed by atoms with Crippen molar-refractivity contribution in [2.24, 2.45) is 0 Å². The van der Waals surface area contributed by atoms with Crippen molar-refractivity contribution in [3.05, 3.63) is 71.3 Å². The van der Waals surface area contributed by atoms with Crippen LogP contribution in [0.2, 0.25) is 0 Å². The fourth-order valence-electron chi connectivity index (χ4n) is 1.81. The number of rotatable bonds is 4. The third kappa shape index (κ3) is 4.03. The van der Waals surface area contributed by atoms with Crippen molar-refractivity contribution in [2.45, 2.75) is 11.8 Å². The molecule has 5 heteroatoms. The molecule has 0 saturated heterocycles. The third-order valence-corrected chi connectivity index (χ3v) is 4.36. The molecule has 0 atom stereocenters. The van der Waals surface area contributed by atoms with Gasteiger partial charge in [0.25, 0.3) is 9.05 Å². The van der Waals surface area contributed by atoms with Crippen LogP contribution in [0.15, 0.2) is 59.5 Å². The molecule has 0 unspecified atom stereocenters. The van der Waals surface area contributed by atoms with Crippen molar-refractivity contribution in [1.82, 2.24) is 0 Å². The van der Waals surface area contributed by atoms with Gasteiger partial charge in [0.1, 0.15) is 0 Å². The Kier molecular flexibility index (Phi) is 4.60. The molecule has 0 fully saturated rings. The molecule has 0 aliphatic carbocycles. The summed E-state index contributed by atoms with van der Waals surface area (Å²) in [7, 11) is 1.54. The Bertz CT molecular complexity index is 794. The van der Waals surface area contributed by atoms with E-state index in [4.69, 9.17) is 10.7 Å². The molecule has 2 aromatic rings. The maximum atomic E-state index is 12.0. The Balaban J connectivity index is 2.31. The Morgan fingerprint density at radius 2 is 1.76 bits per heavy atom. The normalized spacial score (nSPS) is 11.7. The van der Waals surface area contributed by atoms with Crippen molar-refractivity contribution in [3.63, 3.8) is 0 Å². The van der Waals surface area contributed by atoms with Gasteiger partial charge in [-0.25, -0.2) is 8.42 Å². The SMILES string of the molecule is Cc1ccc(S(=O)(=O)Cl)cc1/C=C/C(=O)c1ccccc1. The highest BCUT2D eigenvalue weighted by molar-refractivity contribution is 8.13. The van der Waals surface area contributed by atoms with E-state index in [0.717, 1.165) is 5.56 Å². The van der Waals surface area contributed by atoms with Crippen molar-refractivity contribution in [3.8, 4) is 0 Å². The quantitative estimate of drug-likeness (QED) is 0.489. The Hall–Kier alpha value is -1.91. The smallest absolute Gasteiger partial charge is 0.261 e. The van der Waals surface area contributed by atoms with E-state index in [-0.39, 0.29) is 10.7 Å². The molecule has 0 bridgehead atoms. The number of allylic oxidation sites excluding steroid dienone is 1. The van der Waals surface area contributed by atoms with Gasteiger partial charge in [0.2, 0.25) is 0 Å². The highest BCUT2D eigenvalue weighted by atomic mass is 35.7. The Morgan fingerprint density at radius 1 is 1.10 bits per heavy atom. The second kappa shape index (κ2) is 6.24. The minimum Gasteiger partial charge on any atom is -0.289 e. The molecule has 108 valence electrons. The molecule has 0 heterocycles. The van der Waals surface area contributed by atoms with Crippen LogP contribution in [0.4, 0.5) is 0 Å². The van der Waals surface area contributed by atoms with Crippen molar-refractivity contribution >= 4 is 31.6 Å². The van der Waals surface area contributed by atoms with Crippen LogP contribution in [0.25, 0.3) is 6.08 Å². The first-order chi connectivity index (χ1) is 9.88. The number of hydrogen-bond donors (Lipinski definition) is 0. The molecule has 0 aliphatic rings. The fraction of sp³-hybridized carbons (Fsp3) is 0.0625. The topological polar surface area (TPSA) is 51.2 Å². The first-order valence-electron chi connectivity index (χ1n) is 6.21. The highest BCUT2D eigenvalue weighted by Crippen LogP contribution is 2.20. The van der Waals surface area contributed by atoms with E-state index in [1.807, 2.05) is 13.0 Å². The van der Waals surface area contributed by atoms with E-state index in [1.165, 1.54) is 18.2 Å². The fourth-order valence-corrected chi connectivity index (χ4v) is 2.60. The molecule has 0 aliphatic heterocycles. The zero-order chi connectivity index (χ0) is 15.5. The molecule has 0 aromatic heterocycles. The van der Waals surface area contributed by atoms with Crippen molar-refractivity contribution < 1.29 is 13.2 Å². The van der Waals surface area contributed by atoms with E-state index in [2.05, 4.69) is 0 Å². The number of carbonyl (C=O) groups excluding carboxylic acids is 1. The number of halogens is 1. The monoisotopic (exact) mass is 320 g/mol. The average molecular weight is 321 g/mol. The van der Waals surface area contributed by atoms with Crippen LogP contribution < -0.4 is 0 Å². The van der Waals surface area contributed by atoms with Gasteiger partial charge in [-0.3, -0.25) is 4.79 Å². The van der Waals surface area contributed by atoms with Crippen molar-refractivity contribution in [2.75, 3.05) is 0 Å². The maximum Gasteiger partial charge on any atom is 0.261 e. The number of benzene rings is 2. The standard InChI is InChI=1S/C16H13ClO3S/c1-12-7-9-15(21(17,19)20)11-14(12)8-10-16(18)13-5-3-2-4-6-13/h2-11H,1H3/b10-8+. The van der Waals surface area contributed by atoms with Crippen LogP contribution in [-0.4, -0.2) is 14.2 Å². The highest BCUT2D eigenvalue weighted by Gasteiger charge is 2.11. The molecule has 0 saturated carbocycles. The maximum absolute atomic E-state index is 12.0. The molecule has 2 rings (SSSR count). The molecule has 0 N–H and O–H groups in total. The summed E-state index contributed by atoms with van der Waals surface area (Å²) in [5.74, 6) is -0.144. The number of ketones is 1. The van der Waals surface area contributed by atoms with Gasteiger partial charge in [-0.15, -0.1) is 0 Å².